The molecule has 100 valence electrons. The zero-order valence-corrected chi connectivity index (χ0v) is 13.6. The van der Waals surface area contributed by atoms with Crippen LogP contribution in [0.1, 0.15) is 31.9 Å². The number of alkyl halides is 1. The molecule has 1 heterocycles. The maximum absolute atomic E-state index is 6.21. The number of hydrogen-bond donors (Lipinski definition) is 0. The summed E-state index contributed by atoms with van der Waals surface area (Å²) in [6.07, 6.45) is 1.98. The van der Waals surface area contributed by atoms with Crippen LogP contribution in [0.2, 0.25) is 5.02 Å². The minimum Gasteiger partial charge on any atom is -0.493 e. The summed E-state index contributed by atoms with van der Waals surface area (Å²) in [6.45, 7) is 7.64. The lowest BCUT2D eigenvalue weighted by Gasteiger charge is -2.32. The normalized spacial score (nSPS) is 17.4. The van der Waals surface area contributed by atoms with Gasteiger partial charge in [-0.2, -0.15) is 0 Å². The van der Waals surface area contributed by atoms with E-state index in [9.17, 15) is 0 Å². The summed E-state index contributed by atoms with van der Waals surface area (Å²) in [6, 6.07) is 4.10. The molecule has 1 nitrogen and oxygen atoms in total. The van der Waals surface area contributed by atoms with Crippen LogP contribution in [-0.2, 0) is 12.8 Å². The summed E-state index contributed by atoms with van der Waals surface area (Å²) < 4.78 is 5.78. The molecular formula is C15H20BrClO. The fraction of sp³-hybridized carbons (Fsp3) is 0.600. The van der Waals surface area contributed by atoms with Crippen LogP contribution in [0.5, 0.6) is 5.75 Å². The Hall–Kier alpha value is -0.210. The van der Waals surface area contributed by atoms with E-state index in [0.717, 1.165) is 35.6 Å². The molecule has 2 rings (SSSR count). The van der Waals surface area contributed by atoms with E-state index in [4.69, 9.17) is 16.3 Å². The van der Waals surface area contributed by atoms with Gasteiger partial charge in [-0.1, -0.05) is 48.3 Å². The minimum atomic E-state index is 0.227. The first-order valence-corrected chi connectivity index (χ1v) is 7.96. The van der Waals surface area contributed by atoms with Crippen molar-refractivity contribution in [3.8, 4) is 5.75 Å². The predicted molar refractivity (Wildman–Crippen MR) is 81.1 cm³/mol. The maximum atomic E-state index is 6.21. The molecule has 1 aromatic carbocycles. The van der Waals surface area contributed by atoms with E-state index in [2.05, 4.69) is 42.8 Å². The fourth-order valence-electron chi connectivity index (χ4n) is 2.32. The highest BCUT2D eigenvalue weighted by molar-refractivity contribution is 9.09. The predicted octanol–water partition coefficient (Wildman–Crippen LogP) is 4.87. The Kier molecular flexibility index (Phi) is 4.28. The molecule has 0 saturated heterocycles. The van der Waals surface area contributed by atoms with Crippen molar-refractivity contribution in [3.63, 3.8) is 0 Å². The highest BCUT2D eigenvalue weighted by Crippen LogP contribution is 2.40. The molecule has 0 radical (unpaired) electrons. The van der Waals surface area contributed by atoms with Crippen molar-refractivity contribution < 1.29 is 4.74 Å². The van der Waals surface area contributed by atoms with Gasteiger partial charge in [-0.15, -0.1) is 0 Å². The monoisotopic (exact) mass is 330 g/mol. The first kappa shape index (κ1) is 14.2. The van der Waals surface area contributed by atoms with E-state index in [1.807, 2.05) is 6.07 Å². The summed E-state index contributed by atoms with van der Waals surface area (Å²) in [5.41, 5.74) is 2.74. The van der Waals surface area contributed by atoms with E-state index in [1.165, 1.54) is 11.1 Å². The molecular weight excluding hydrogens is 312 g/mol. The van der Waals surface area contributed by atoms with Crippen molar-refractivity contribution >= 4 is 27.5 Å². The number of rotatable bonds is 4. The van der Waals surface area contributed by atoms with Gasteiger partial charge in [0.25, 0.3) is 0 Å². The lowest BCUT2D eigenvalue weighted by Crippen LogP contribution is -2.28. The topological polar surface area (TPSA) is 9.23 Å². The van der Waals surface area contributed by atoms with E-state index >= 15 is 0 Å². The van der Waals surface area contributed by atoms with E-state index < -0.39 is 0 Å². The average molecular weight is 332 g/mol. The van der Waals surface area contributed by atoms with Crippen LogP contribution in [0.25, 0.3) is 0 Å². The van der Waals surface area contributed by atoms with Crippen LogP contribution in [0.15, 0.2) is 12.1 Å². The summed E-state index contributed by atoms with van der Waals surface area (Å²) in [5, 5.41) is 1.81. The molecule has 1 atom stereocenters. The minimum absolute atomic E-state index is 0.227. The van der Waals surface area contributed by atoms with Crippen molar-refractivity contribution in [2.75, 3.05) is 11.9 Å². The third kappa shape index (κ3) is 2.70. The average Bonchev–Trinajstić information content (AvgIpc) is 2.76. The van der Waals surface area contributed by atoms with Crippen molar-refractivity contribution in [3.05, 3.63) is 28.3 Å². The van der Waals surface area contributed by atoms with Crippen molar-refractivity contribution in [1.29, 1.82) is 0 Å². The Morgan fingerprint density at radius 2 is 2.17 bits per heavy atom. The SMILES string of the molecule is CC(C)C(C)(CBr)Cc1cc(Cl)cc2c1OCC2. The zero-order chi connectivity index (χ0) is 13.3. The molecule has 0 saturated carbocycles. The Labute approximate surface area is 123 Å². The molecule has 0 spiro atoms. The van der Waals surface area contributed by atoms with Gasteiger partial charge < -0.3 is 4.74 Å². The van der Waals surface area contributed by atoms with Crippen molar-refractivity contribution in [2.24, 2.45) is 11.3 Å². The molecule has 1 aliphatic rings. The lowest BCUT2D eigenvalue weighted by atomic mass is 9.76. The van der Waals surface area contributed by atoms with Crippen LogP contribution in [0.4, 0.5) is 0 Å². The Balaban J connectivity index is 2.35. The highest BCUT2D eigenvalue weighted by Gasteiger charge is 2.30. The Morgan fingerprint density at radius 3 is 2.78 bits per heavy atom. The molecule has 18 heavy (non-hydrogen) atoms. The van der Waals surface area contributed by atoms with Gasteiger partial charge in [-0.25, -0.2) is 0 Å². The number of hydrogen-bond acceptors (Lipinski definition) is 1. The first-order valence-electron chi connectivity index (χ1n) is 6.46. The Bertz CT molecular complexity index is 444. The van der Waals surface area contributed by atoms with Crippen LogP contribution in [0.3, 0.4) is 0 Å². The third-order valence-corrected chi connectivity index (χ3v) is 5.62. The van der Waals surface area contributed by atoms with Gasteiger partial charge in [0, 0.05) is 16.8 Å². The van der Waals surface area contributed by atoms with Crippen LogP contribution < -0.4 is 4.74 Å². The van der Waals surface area contributed by atoms with Gasteiger partial charge in [0.1, 0.15) is 5.75 Å². The zero-order valence-electron chi connectivity index (χ0n) is 11.2. The quantitative estimate of drug-likeness (QED) is 0.715. The summed E-state index contributed by atoms with van der Waals surface area (Å²) >= 11 is 9.87. The standard InChI is InChI=1S/C15H20BrClO/c1-10(2)15(3,9-16)8-12-7-13(17)6-11-4-5-18-14(11)12/h6-7,10H,4-5,8-9H2,1-3H3. The molecule has 0 fully saturated rings. The molecule has 1 aliphatic heterocycles. The van der Waals surface area contributed by atoms with Crippen LogP contribution in [0, 0.1) is 11.3 Å². The van der Waals surface area contributed by atoms with E-state index in [-0.39, 0.29) is 5.41 Å². The Morgan fingerprint density at radius 1 is 1.44 bits per heavy atom. The molecule has 0 N–H and O–H groups in total. The van der Waals surface area contributed by atoms with Crippen LogP contribution in [-0.4, -0.2) is 11.9 Å². The molecule has 1 aromatic rings. The van der Waals surface area contributed by atoms with Gasteiger partial charge in [0.2, 0.25) is 0 Å². The summed E-state index contributed by atoms with van der Waals surface area (Å²) in [7, 11) is 0. The molecule has 0 amide bonds. The number of ether oxygens (including phenoxy) is 1. The van der Waals surface area contributed by atoms with Crippen molar-refractivity contribution in [1.82, 2.24) is 0 Å². The molecule has 0 bridgehead atoms. The molecule has 0 aromatic heterocycles. The van der Waals surface area contributed by atoms with E-state index in [0.29, 0.717) is 5.92 Å². The summed E-state index contributed by atoms with van der Waals surface area (Å²) in [4.78, 5) is 0. The maximum Gasteiger partial charge on any atom is 0.125 e. The van der Waals surface area contributed by atoms with Gasteiger partial charge in [0.05, 0.1) is 6.61 Å². The lowest BCUT2D eigenvalue weighted by molar-refractivity contribution is 0.253. The second-order valence-corrected chi connectivity index (χ2v) is 6.77. The first-order chi connectivity index (χ1) is 8.46. The second-order valence-electron chi connectivity index (χ2n) is 5.77. The highest BCUT2D eigenvalue weighted by atomic mass is 79.9. The van der Waals surface area contributed by atoms with E-state index in [1.54, 1.807) is 0 Å². The fourth-order valence-corrected chi connectivity index (χ4v) is 3.43. The molecule has 1 unspecified atom stereocenters. The largest absolute Gasteiger partial charge is 0.493 e. The van der Waals surface area contributed by atoms with Gasteiger partial charge in [0.15, 0.2) is 0 Å². The summed E-state index contributed by atoms with van der Waals surface area (Å²) in [5.74, 6) is 1.68. The van der Waals surface area contributed by atoms with Gasteiger partial charge in [-0.05, 0) is 41.0 Å². The number of halogens is 2. The van der Waals surface area contributed by atoms with Gasteiger partial charge >= 0.3 is 0 Å². The van der Waals surface area contributed by atoms with Gasteiger partial charge in [-0.3, -0.25) is 0 Å². The second kappa shape index (κ2) is 5.42. The molecule has 0 aliphatic carbocycles. The smallest absolute Gasteiger partial charge is 0.125 e. The third-order valence-electron chi connectivity index (χ3n) is 4.12. The molecule has 3 heteroatoms. The number of fused-ring (bicyclic) bond motifs is 1. The van der Waals surface area contributed by atoms with Crippen molar-refractivity contribution in [2.45, 2.75) is 33.6 Å². The van der Waals surface area contributed by atoms with Crippen LogP contribution >= 0.6 is 27.5 Å². The number of benzene rings is 1.